The normalized spacial score (nSPS) is 10.5. The maximum Gasteiger partial charge on any atom is 0.491 e. The van der Waals surface area contributed by atoms with Gasteiger partial charge in [0.15, 0.2) is 0 Å². The highest BCUT2D eigenvalue weighted by Crippen LogP contribution is 2.12. The minimum Gasteiger partial charge on any atom is -0.488 e. The van der Waals surface area contributed by atoms with E-state index in [2.05, 4.69) is 4.74 Å². The Kier molecular flexibility index (Phi) is 3.99. The molecule has 1 rings (SSSR count). The average Bonchev–Trinajstić information content (AvgIpc) is 2.14. The largest absolute Gasteiger partial charge is 0.491 e. The van der Waals surface area contributed by atoms with Crippen LogP contribution in [-0.2, 0) is 0 Å². The third-order valence-corrected chi connectivity index (χ3v) is 1.63. The lowest BCUT2D eigenvalue weighted by atomic mass is 9.80. The fourth-order valence-electron chi connectivity index (χ4n) is 0.966. The van der Waals surface area contributed by atoms with Gasteiger partial charge in [0.25, 0.3) is 6.43 Å². The van der Waals surface area contributed by atoms with Gasteiger partial charge in [0, 0.05) is 11.5 Å². The van der Waals surface area contributed by atoms with Crippen molar-refractivity contribution in [2.24, 2.45) is 0 Å². The van der Waals surface area contributed by atoms with Gasteiger partial charge in [-0.25, -0.2) is 13.2 Å². The van der Waals surface area contributed by atoms with E-state index in [0.717, 1.165) is 12.1 Å². The number of alkyl halides is 2. The zero-order chi connectivity index (χ0) is 11.4. The molecule has 1 aromatic rings. The molecular weight excluding hydrogens is 212 g/mol. The number of hydrogen-bond donors (Lipinski definition) is 2. The highest BCUT2D eigenvalue weighted by Gasteiger charge is 2.16. The van der Waals surface area contributed by atoms with E-state index in [0.29, 0.717) is 0 Å². The van der Waals surface area contributed by atoms with E-state index < -0.39 is 26.0 Å². The third-order valence-electron chi connectivity index (χ3n) is 1.63. The van der Waals surface area contributed by atoms with Gasteiger partial charge in [-0.1, -0.05) is 6.07 Å². The molecule has 0 amide bonds. The van der Waals surface area contributed by atoms with E-state index >= 15 is 0 Å². The van der Waals surface area contributed by atoms with Crippen molar-refractivity contribution in [3.63, 3.8) is 0 Å². The molecule has 0 fully saturated rings. The van der Waals surface area contributed by atoms with E-state index in [1.54, 1.807) is 0 Å². The third kappa shape index (κ3) is 3.45. The quantitative estimate of drug-likeness (QED) is 0.710. The first-order chi connectivity index (χ1) is 7.00. The summed E-state index contributed by atoms with van der Waals surface area (Å²) >= 11 is 0. The van der Waals surface area contributed by atoms with Crippen LogP contribution in [0.3, 0.4) is 0 Å². The van der Waals surface area contributed by atoms with Crippen molar-refractivity contribution in [1.82, 2.24) is 0 Å². The number of ether oxygens (including phenoxy) is 1. The number of rotatable bonds is 4. The molecule has 0 heterocycles. The van der Waals surface area contributed by atoms with E-state index in [1.807, 2.05) is 0 Å². The molecule has 0 saturated heterocycles. The van der Waals surface area contributed by atoms with Crippen molar-refractivity contribution in [3.8, 4) is 5.75 Å². The molecule has 0 bridgehead atoms. The molecule has 3 nitrogen and oxygen atoms in total. The summed E-state index contributed by atoms with van der Waals surface area (Å²) in [6.07, 6.45) is -2.64. The fraction of sp³-hybridized carbons (Fsp3) is 0.250. The maximum atomic E-state index is 13.0. The molecule has 0 aliphatic rings. The first kappa shape index (κ1) is 11.9. The highest BCUT2D eigenvalue weighted by atomic mass is 19.3. The summed E-state index contributed by atoms with van der Waals surface area (Å²) in [5.74, 6) is -1.01. The van der Waals surface area contributed by atoms with Crippen LogP contribution in [0.2, 0.25) is 0 Å². The Morgan fingerprint density at radius 1 is 1.33 bits per heavy atom. The van der Waals surface area contributed by atoms with Gasteiger partial charge in [0.2, 0.25) is 0 Å². The summed E-state index contributed by atoms with van der Waals surface area (Å²) in [4.78, 5) is 0. The van der Waals surface area contributed by atoms with Crippen molar-refractivity contribution in [1.29, 1.82) is 0 Å². The summed E-state index contributed by atoms with van der Waals surface area (Å²) in [6.45, 7) is -0.833. The molecule has 0 unspecified atom stereocenters. The second-order valence-corrected chi connectivity index (χ2v) is 2.76. The van der Waals surface area contributed by atoms with Crippen molar-refractivity contribution >= 4 is 12.6 Å². The molecule has 15 heavy (non-hydrogen) atoms. The van der Waals surface area contributed by atoms with Crippen LogP contribution >= 0.6 is 0 Å². The van der Waals surface area contributed by atoms with Crippen LogP contribution in [0.25, 0.3) is 0 Å². The predicted molar refractivity (Wildman–Crippen MR) is 47.7 cm³/mol. The van der Waals surface area contributed by atoms with E-state index in [4.69, 9.17) is 10.0 Å². The Bertz CT molecular complexity index is 333. The summed E-state index contributed by atoms with van der Waals surface area (Å²) in [7, 11) is -1.94. The van der Waals surface area contributed by atoms with Gasteiger partial charge < -0.3 is 14.8 Å². The van der Waals surface area contributed by atoms with Gasteiger partial charge in [-0.05, 0) is 6.07 Å². The molecule has 0 radical (unpaired) electrons. The minimum atomic E-state index is -2.64. The molecule has 0 spiro atoms. The summed E-state index contributed by atoms with van der Waals surface area (Å²) in [5.41, 5.74) is -0.334. The lowest BCUT2D eigenvalue weighted by Gasteiger charge is -2.07. The Balaban J connectivity index is 2.73. The first-order valence-electron chi connectivity index (χ1n) is 4.07. The second-order valence-electron chi connectivity index (χ2n) is 2.76. The van der Waals surface area contributed by atoms with E-state index in [9.17, 15) is 13.2 Å². The minimum absolute atomic E-state index is 0.0859. The molecule has 0 atom stereocenters. The van der Waals surface area contributed by atoms with Crippen LogP contribution in [-0.4, -0.2) is 30.2 Å². The lowest BCUT2D eigenvalue weighted by molar-refractivity contribution is 0.0817. The van der Waals surface area contributed by atoms with E-state index in [1.165, 1.54) is 6.07 Å². The molecular formula is C8H8BF3O3. The van der Waals surface area contributed by atoms with Gasteiger partial charge in [-0.15, -0.1) is 0 Å². The highest BCUT2D eigenvalue weighted by molar-refractivity contribution is 6.58. The summed E-state index contributed by atoms with van der Waals surface area (Å²) in [5, 5.41) is 17.3. The Morgan fingerprint density at radius 2 is 2.00 bits per heavy atom. The molecule has 0 aliphatic carbocycles. The van der Waals surface area contributed by atoms with Gasteiger partial charge in [-0.2, -0.15) is 0 Å². The molecule has 0 saturated carbocycles. The summed E-state index contributed by atoms with van der Waals surface area (Å²) in [6, 6.07) is 3.05. The van der Waals surface area contributed by atoms with Crippen molar-refractivity contribution in [2.75, 3.05) is 6.61 Å². The van der Waals surface area contributed by atoms with Gasteiger partial charge in [-0.3, -0.25) is 0 Å². The zero-order valence-electron chi connectivity index (χ0n) is 7.53. The van der Waals surface area contributed by atoms with Gasteiger partial charge in [0.05, 0.1) is 0 Å². The van der Waals surface area contributed by atoms with Crippen LogP contribution < -0.4 is 10.2 Å². The van der Waals surface area contributed by atoms with Crippen molar-refractivity contribution in [3.05, 3.63) is 24.0 Å². The number of benzene rings is 1. The van der Waals surface area contributed by atoms with Gasteiger partial charge >= 0.3 is 7.12 Å². The SMILES string of the molecule is OB(O)c1ccc(OCC(F)F)cc1F. The standard InChI is InChI=1S/C8H8BF3O3/c10-7-3-5(15-4-8(11)12)1-2-6(7)9(13)14/h1-3,8,13-14H,4H2. The van der Waals surface area contributed by atoms with E-state index in [-0.39, 0.29) is 11.2 Å². The monoisotopic (exact) mass is 220 g/mol. The number of halogens is 3. The Hall–Kier alpha value is -1.21. The molecule has 0 aliphatic heterocycles. The molecule has 7 heteroatoms. The van der Waals surface area contributed by atoms with Crippen LogP contribution in [0.4, 0.5) is 13.2 Å². The Labute approximate surface area is 84.3 Å². The molecule has 1 aromatic carbocycles. The zero-order valence-corrected chi connectivity index (χ0v) is 7.53. The summed E-state index contributed by atoms with van der Waals surface area (Å²) < 4.78 is 41.0. The van der Waals surface area contributed by atoms with Gasteiger partial charge in [0.1, 0.15) is 18.2 Å². The smallest absolute Gasteiger partial charge is 0.488 e. The predicted octanol–water partition coefficient (Wildman–Crippen LogP) is 0.149. The van der Waals surface area contributed by atoms with Crippen LogP contribution in [0.15, 0.2) is 18.2 Å². The topological polar surface area (TPSA) is 49.7 Å². The lowest BCUT2D eigenvalue weighted by Crippen LogP contribution is -2.32. The van der Waals surface area contributed by atoms with Crippen LogP contribution in [0.1, 0.15) is 0 Å². The first-order valence-corrected chi connectivity index (χ1v) is 4.07. The van der Waals surface area contributed by atoms with Crippen molar-refractivity contribution < 1.29 is 28.0 Å². The number of hydrogen-bond acceptors (Lipinski definition) is 3. The second kappa shape index (κ2) is 5.04. The molecule has 0 aromatic heterocycles. The molecule has 2 N–H and O–H groups in total. The molecule has 82 valence electrons. The van der Waals surface area contributed by atoms with Crippen LogP contribution in [0.5, 0.6) is 5.75 Å². The van der Waals surface area contributed by atoms with Crippen molar-refractivity contribution in [2.45, 2.75) is 6.43 Å². The maximum absolute atomic E-state index is 13.0. The fourth-order valence-corrected chi connectivity index (χ4v) is 0.966. The average molecular weight is 220 g/mol. The Morgan fingerprint density at radius 3 is 2.47 bits per heavy atom. The van der Waals surface area contributed by atoms with Crippen LogP contribution in [0, 0.1) is 5.82 Å².